The van der Waals surface area contributed by atoms with Crippen LogP contribution in [0.4, 0.5) is 11.4 Å². The largest absolute Gasteiger partial charge is 0.378 e. The SMILES string of the molecule is NC(CCNc1c(Cl)cccc1[N+](=O)[O-])c1ccccc1. The highest BCUT2D eigenvalue weighted by atomic mass is 35.5. The molecule has 0 radical (unpaired) electrons. The van der Waals surface area contributed by atoms with E-state index in [2.05, 4.69) is 5.32 Å². The molecular weight excluding hydrogens is 290 g/mol. The summed E-state index contributed by atoms with van der Waals surface area (Å²) >= 11 is 6.01. The molecule has 110 valence electrons. The monoisotopic (exact) mass is 305 g/mol. The summed E-state index contributed by atoms with van der Waals surface area (Å²) in [6, 6.07) is 14.2. The lowest BCUT2D eigenvalue weighted by molar-refractivity contribution is -0.383. The molecule has 6 heteroatoms. The maximum atomic E-state index is 11.0. The van der Waals surface area contributed by atoms with Crippen molar-refractivity contribution in [3.63, 3.8) is 0 Å². The third-order valence-electron chi connectivity index (χ3n) is 3.17. The molecule has 0 aliphatic heterocycles. The molecule has 5 nitrogen and oxygen atoms in total. The Morgan fingerprint density at radius 2 is 1.90 bits per heavy atom. The number of anilines is 1. The molecule has 0 aliphatic carbocycles. The number of nitrogens with one attached hydrogen (secondary N) is 1. The molecule has 0 saturated heterocycles. The predicted molar refractivity (Wildman–Crippen MR) is 84.6 cm³/mol. The van der Waals surface area contributed by atoms with Crippen molar-refractivity contribution in [1.82, 2.24) is 0 Å². The molecule has 2 rings (SSSR count). The quantitative estimate of drug-likeness (QED) is 0.629. The smallest absolute Gasteiger partial charge is 0.293 e. The topological polar surface area (TPSA) is 81.2 Å². The van der Waals surface area contributed by atoms with Crippen molar-refractivity contribution in [3.05, 3.63) is 69.2 Å². The fourth-order valence-corrected chi connectivity index (χ4v) is 2.30. The maximum absolute atomic E-state index is 11.0. The molecule has 0 aliphatic rings. The molecular formula is C15H16ClN3O2. The average molecular weight is 306 g/mol. The fraction of sp³-hybridized carbons (Fsp3) is 0.200. The van der Waals surface area contributed by atoms with Crippen LogP contribution in [0.25, 0.3) is 0 Å². The van der Waals surface area contributed by atoms with Gasteiger partial charge in [-0.15, -0.1) is 0 Å². The molecule has 0 heterocycles. The van der Waals surface area contributed by atoms with Gasteiger partial charge in [-0.05, 0) is 18.1 Å². The number of rotatable bonds is 6. The van der Waals surface area contributed by atoms with Crippen molar-refractivity contribution in [2.24, 2.45) is 5.73 Å². The van der Waals surface area contributed by atoms with Crippen LogP contribution in [0.1, 0.15) is 18.0 Å². The second-order valence-corrected chi connectivity index (χ2v) is 5.03. The number of nitro groups is 1. The number of halogens is 1. The Labute approximate surface area is 127 Å². The van der Waals surface area contributed by atoms with Gasteiger partial charge in [-0.2, -0.15) is 0 Å². The minimum Gasteiger partial charge on any atom is -0.378 e. The zero-order valence-corrected chi connectivity index (χ0v) is 12.1. The van der Waals surface area contributed by atoms with Gasteiger partial charge in [-0.25, -0.2) is 0 Å². The molecule has 21 heavy (non-hydrogen) atoms. The van der Waals surface area contributed by atoms with Gasteiger partial charge in [-0.3, -0.25) is 10.1 Å². The predicted octanol–water partition coefficient (Wildman–Crippen LogP) is 3.75. The normalized spacial score (nSPS) is 11.9. The summed E-state index contributed by atoms with van der Waals surface area (Å²) in [5.74, 6) is 0. The van der Waals surface area contributed by atoms with Crippen LogP contribution in [-0.4, -0.2) is 11.5 Å². The number of hydrogen-bond donors (Lipinski definition) is 2. The van der Waals surface area contributed by atoms with E-state index in [1.165, 1.54) is 6.07 Å². The van der Waals surface area contributed by atoms with E-state index in [0.717, 1.165) is 5.56 Å². The highest BCUT2D eigenvalue weighted by molar-refractivity contribution is 6.33. The lowest BCUT2D eigenvalue weighted by Crippen LogP contribution is -2.15. The molecule has 3 N–H and O–H groups in total. The molecule has 1 atom stereocenters. The second-order valence-electron chi connectivity index (χ2n) is 4.62. The van der Waals surface area contributed by atoms with Crippen molar-refractivity contribution in [1.29, 1.82) is 0 Å². The number of nitrogens with zero attached hydrogens (tertiary/aromatic N) is 1. The molecule has 1 unspecified atom stereocenters. The number of nitro benzene ring substituents is 1. The highest BCUT2D eigenvalue weighted by Crippen LogP contribution is 2.31. The van der Waals surface area contributed by atoms with E-state index in [1.54, 1.807) is 12.1 Å². The van der Waals surface area contributed by atoms with E-state index in [4.69, 9.17) is 17.3 Å². The van der Waals surface area contributed by atoms with E-state index < -0.39 is 4.92 Å². The number of para-hydroxylation sites is 1. The van der Waals surface area contributed by atoms with Crippen molar-refractivity contribution in [2.45, 2.75) is 12.5 Å². The Morgan fingerprint density at radius 1 is 1.19 bits per heavy atom. The van der Waals surface area contributed by atoms with Crippen LogP contribution in [0.15, 0.2) is 48.5 Å². The van der Waals surface area contributed by atoms with Gasteiger partial charge in [0.15, 0.2) is 0 Å². The molecule has 0 spiro atoms. The van der Waals surface area contributed by atoms with Gasteiger partial charge in [0.2, 0.25) is 0 Å². The average Bonchev–Trinajstić information content (AvgIpc) is 2.49. The molecule has 2 aromatic rings. The van der Waals surface area contributed by atoms with E-state index in [-0.39, 0.29) is 11.7 Å². The zero-order chi connectivity index (χ0) is 15.2. The Kier molecular flexibility index (Phi) is 5.14. The summed E-state index contributed by atoms with van der Waals surface area (Å²) in [5.41, 5.74) is 7.43. The minimum absolute atomic E-state index is 0.0317. The number of nitrogens with two attached hydrogens (primary N) is 1. The van der Waals surface area contributed by atoms with Crippen LogP contribution in [0.2, 0.25) is 5.02 Å². The van der Waals surface area contributed by atoms with Gasteiger partial charge in [0.05, 0.1) is 9.95 Å². The first kappa shape index (κ1) is 15.3. The second kappa shape index (κ2) is 7.06. The maximum Gasteiger partial charge on any atom is 0.293 e. The third-order valence-corrected chi connectivity index (χ3v) is 3.49. The number of benzene rings is 2. The van der Waals surface area contributed by atoms with Crippen molar-refractivity contribution >= 4 is 23.0 Å². The summed E-state index contributed by atoms with van der Waals surface area (Å²) < 4.78 is 0. The first-order valence-corrected chi connectivity index (χ1v) is 6.94. The Bertz CT molecular complexity index is 620. The Hall–Kier alpha value is -2.11. The lowest BCUT2D eigenvalue weighted by Gasteiger charge is -2.14. The summed E-state index contributed by atoms with van der Waals surface area (Å²) in [7, 11) is 0. The van der Waals surface area contributed by atoms with E-state index in [9.17, 15) is 10.1 Å². The molecule has 2 aromatic carbocycles. The summed E-state index contributed by atoms with van der Waals surface area (Å²) in [4.78, 5) is 10.5. The standard InChI is InChI=1S/C15H16ClN3O2/c16-12-7-4-8-14(19(20)21)15(12)18-10-9-13(17)11-5-2-1-3-6-11/h1-8,13,18H,9-10,17H2. The first-order valence-electron chi connectivity index (χ1n) is 6.57. The van der Waals surface area contributed by atoms with Gasteiger partial charge in [0.1, 0.15) is 5.69 Å². The van der Waals surface area contributed by atoms with Gasteiger partial charge >= 0.3 is 0 Å². The Balaban J connectivity index is 1.99. The van der Waals surface area contributed by atoms with Crippen LogP contribution in [0.3, 0.4) is 0 Å². The third kappa shape index (κ3) is 3.93. The van der Waals surface area contributed by atoms with Gasteiger partial charge in [0.25, 0.3) is 5.69 Å². The summed E-state index contributed by atoms with van der Waals surface area (Å²) in [6.45, 7) is 0.501. The fourth-order valence-electron chi connectivity index (χ4n) is 2.06. The first-order chi connectivity index (χ1) is 10.1. The van der Waals surface area contributed by atoms with Gasteiger partial charge in [-0.1, -0.05) is 48.0 Å². The van der Waals surface area contributed by atoms with Crippen LogP contribution >= 0.6 is 11.6 Å². The van der Waals surface area contributed by atoms with Gasteiger partial charge < -0.3 is 11.1 Å². The van der Waals surface area contributed by atoms with E-state index in [0.29, 0.717) is 23.7 Å². The molecule has 0 fully saturated rings. The van der Waals surface area contributed by atoms with Crippen LogP contribution in [0, 0.1) is 10.1 Å². The van der Waals surface area contributed by atoms with E-state index in [1.807, 2.05) is 30.3 Å². The van der Waals surface area contributed by atoms with Gasteiger partial charge in [0, 0.05) is 18.7 Å². The van der Waals surface area contributed by atoms with Crippen LogP contribution < -0.4 is 11.1 Å². The summed E-state index contributed by atoms with van der Waals surface area (Å²) in [6.07, 6.45) is 0.645. The van der Waals surface area contributed by atoms with Crippen LogP contribution in [-0.2, 0) is 0 Å². The zero-order valence-electron chi connectivity index (χ0n) is 11.3. The minimum atomic E-state index is -0.453. The molecule has 0 saturated carbocycles. The molecule has 0 aromatic heterocycles. The van der Waals surface area contributed by atoms with Crippen molar-refractivity contribution in [2.75, 3.05) is 11.9 Å². The molecule has 0 amide bonds. The van der Waals surface area contributed by atoms with Crippen molar-refractivity contribution in [3.8, 4) is 0 Å². The molecule has 0 bridgehead atoms. The van der Waals surface area contributed by atoms with E-state index >= 15 is 0 Å². The van der Waals surface area contributed by atoms with Crippen molar-refractivity contribution < 1.29 is 4.92 Å². The van der Waals surface area contributed by atoms with Crippen LogP contribution in [0.5, 0.6) is 0 Å². The lowest BCUT2D eigenvalue weighted by atomic mass is 10.1. The highest BCUT2D eigenvalue weighted by Gasteiger charge is 2.16. The number of hydrogen-bond acceptors (Lipinski definition) is 4. The Morgan fingerprint density at radius 3 is 2.57 bits per heavy atom. The summed E-state index contributed by atoms with van der Waals surface area (Å²) in [5, 5.41) is 14.3.